The number of rotatable bonds is 4. The van der Waals surface area contributed by atoms with E-state index in [9.17, 15) is 10.1 Å². The van der Waals surface area contributed by atoms with E-state index in [1.165, 1.54) is 5.56 Å². The molecule has 0 fully saturated rings. The molecule has 0 saturated heterocycles. The van der Waals surface area contributed by atoms with Crippen LogP contribution in [-0.4, -0.2) is 11.1 Å². The summed E-state index contributed by atoms with van der Waals surface area (Å²) in [7, 11) is 0. The van der Waals surface area contributed by atoms with Gasteiger partial charge in [-0.15, -0.1) is 0 Å². The van der Waals surface area contributed by atoms with Crippen molar-refractivity contribution in [2.24, 2.45) is 0 Å². The van der Waals surface area contributed by atoms with Crippen LogP contribution in [0.25, 0.3) is 10.8 Å². The van der Waals surface area contributed by atoms with Crippen LogP contribution < -0.4 is 4.74 Å². The molecule has 3 aromatic carbocycles. The topological polar surface area (TPSA) is 70.3 Å². The van der Waals surface area contributed by atoms with Crippen molar-refractivity contribution in [2.45, 2.75) is 31.6 Å². The quantitative estimate of drug-likeness (QED) is 0.679. The molecule has 4 nitrogen and oxygen atoms in total. The Kier molecular flexibility index (Phi) is 4.52. The molecular weight excluding hydrogens is 338 g/mol. The first-order valence-corrected chi connectivity index (χ1v) is 9.10. The Morgan fingerprint density at radius 2 is 1.96 bits per heavy atom. The minimum absolute atomic E-state index is 0.0797. The molecule has 3 aromatic rings. The molecule has 0 bridgehead atoms. The third-order valence-electron chi connectivity index (χ3n) is 5.21. The fraction of sp³-hybridized carbons (Fsp3) is 0.217. The molecule has 0 spiro atoms. The van der Waals surface area contributed by atoms with Gasteiger partial charge in [-0.25, -0.2) is 0 Å². The average Bonchev–Trinajstić information content (AvgIpc) is 2.68. The summed E-state index contributed by atoms with van der Waals surface area (Å²) in [5, 5.41) is 20.2. The van der Waals surface area contributed by atoms with Crippen LogP contribution in [0.15, 0.2) is 54.6 Å². The van der Waals surface area contributed by atoms with E-state index < -0.39 is 5.97 Å². The van der Waals surface area contributed by atoms with Crippen LogP contribution in [0.1, 0.15) is 41.9 Å². The van der Waals surface area contributed by atoms with Crippen LogP contribution in [0.5, 0.6) is 11.5 Å². The summed E-state index contributed by atoms with van der Waals surface area (Å²) in [5.74, 6) is 0.773. The molecule has 0 radical (unpaired) electrons. The number of benzene rings is 3. The number of aliphatic carboxylic acids is 1. The summed E-state index contributed by atoms with van der Waals surface area (Å²) in [6.07, 6.45) is 3.03. The second-order valence-corrected chi connectivity index (χ2v) is 6.92. The van der Waals surface area contributed by atoms with Gasteiger partial charge in [0.15, 0.2) is 0 Å². The number of carboxylic acids is 1. The molecule has 1 aliphatic carbocycles. The Labute approximate surface area is 157 Å². The summed E-state index contributed by atoms with van der Waals surface area (Å²) in [4.78, 5) is 11.1. The lowest BCUT2D eigenvalue weighted by Gasteiger charge is -2.25. The number of nitriles is 1. The molecule has 1 atom stereocenters. The predicted octanol–water partition coefficient (Wildman–Crippen LogP) is 5.40. The smallest absolute Gasteiger partial charge is 0.303 e. The van der Waals surface area contributed by atoms with Crippen molar-refractivity contribution in [3.05, 3.63) is 71.3 Å². The average molecular weight is 357 g/mol. The highest BCUT2D eigenvalue weighted by Crippen LogP contribution is 2.38. The number of aryl methyl sites for hydroxylation is 1. The first kappa shape index (κ1) is 17.1. The normalized spacial score (nSPS) is 15.7. The molecule has 134 valence electrons. The summed E-state index contributed by atoms with van der Waals surface area (Å²) >= 11 is 0. The second-order valence-electron chi connectivity index (χ2n) is 6.92. The van der Waals surface area contributed by atoms with Gasteiger partial charge < -0.3 is 9.84 Å². The van der Waals surface area contributed by atoms with Crippen LogP contribution in [0.2, 0.25) is 0 Å². The van der Waals surface area contributed by atoms with Crippen molar-refractivity contribution in [3.8, 4) is 17.6 Å². The minimum Gasteiger partial charge on any atom is -0.481 e. The lowest BCUT2D eigenvalue weighted by molar-refractivity contribution is -0.137. The first-order chi connectivity index (χ1) is 13.2. The van der Waals surface area contributed by atoms with Gasteiger partial charge in [-0.3, -0.25) is 4.79 Å². The Hall–Kier alpha value is -3.32. The highest BCUT2D eigenvalue weighted by Gasteiger charge is 2.23. The van der Waals surface area contributed by atoms with Crippen molar-refractivity contribution in [2.75, 3.05) is 0 Å². The van der Waals surface area contributed by atoms with E-state index in [-0.39, 0.29) is 12.3 Å². The van der Waals surface area contributed by atoms with Gasteiger partial charge in [0.25, 0.3) is 0 Å². The van der Waals surface area contributed by atoms with Crippen LogP contribution >= 0.6 is 0 Å². The van der Waals surface area contributed by atoms with E-state index in [0.29, 0.717) is 11.3 Å². The Morgan fingerprint density at radius 1 is 1.15 bits per heavy atom. The molecule has 0 amide bonds. The lowest BCUT2D eigenvalue weighted by Crippen LogP contribution is -2.13. The number of nitrogens with zero attached hydrogens (tertiary/aromatic N) is 1. The monoisotopic (exact) mass is 357 g/mol. The Balaban J connectivity index is 1.68. The van der Waals surface area contributed by atoms with Crippen molar-refractivity contribution in [1.29, 1.82) is 5.26 Å². The first-order valence-electron chi connectivity index (χ1n) is 9.10. The third kappa shape index (κ3) is 3.37. The number of carbonyl (C=O) groups is 1. The van der Waals surface area contributed by atoms with Gasteiger partial charge >= 0.3 is 5.97 Å². The summed E-state index contributed by atoms with van der Waals surface area (Å²) in [6, 6.07) is 19.5. The van der Waals surface area contributed by atoms with Crippen LogP contribution in [0, 0.1) is 11.3 Å². The molecule has 1 aliphatic rings. The summed E-state index contributed by atoms with van der Waals surface area (Å²) in [5.41, 5.74) is 2.92. The maximum Gasteiger partial charge on any atom is 0.303 e. The van der Waals surface area contributed by atoms with Gasteiger partial charge in [0.05, 0.1) is 18.1 Å². The maximum absolute atomic E-state index is 11.1. The van der Waals surface area contributed by atoms with E-state index in [0.717, 1.165) is 41.3 Å². The standard InChI is InChI=1S/C23H19NO3/c24-14-17-8-11-22(21-7-2-1-6-20(17)21)27-18-9-10-19-15(12-18)4-3-5-16(19)13-23(25)26/h1-2,6-12,16H,3-5,13H2,(H,25,26). The molecule has 1 N–H and O–H groups in total. The van der Waals surface area contributed by atoms with Crippen molar-refractivity contribution in [3.63, 3.8) is 0 Å². The second kappa shape index (κ2) is 7.13. The number of carboxylic acid groups (broad SMARTS) is 1. The zero-order chi connectivity index (χ0) is 18.8. The van der Waals surface area contributed by atoms with Gasteiger partial charge in [-0.05, 0) is 60.6 Å². The zero-order valence-electron chi connectivity index (χ0n) is 14.8. The summed E-state index contributed by atoms with van der Waals surface area (Å²) < 4.78 is 6.15. The van der Waals surface area contributed by atoms with Crippen LogP contribution in [0.3, 0.4) is 0 Å². The highest BCUT2D eigenvalue weighted by atomic mass is 16.5. The van der Waals surface area contributed by atoms with Gasteiger partial charge in [0, 0.05) is 10.8 Å². The Bertz CT molecular complexity index is 1060. The molecule has 0 aliphatic heterocycles. The third-order valence-corrected chi connectivity index (χ3v) is 5.21. The molecule has 0 aromatic heterocycles. The van der Waals surface area contributed by atoms with E-state index in [1.807, 2.05) is 48.5 Å². The van der Waals surface area contributed by atoms with Crippen LogP contribution in [0.4, 0.5) is 0 Å². The van der Waals surface area contributed by atoms with Gasteiger partial charge in [-0.2, -0.15) is 5.26 Å². The lowest BCUT2D eigenvalue weighted by atomic mass is 9.81. The van der Waals surface area contributed by atoms with Gasteiger partial charge in [0.2, 0.25) is 0 Å². The number of hydrogen-bond acceptors (Lipinski definition) is 3. The molecule has 27 heavy (non-hydrogen) atoms. The fourth-order valence-electron chi connectivity index (χ4n) is 3.96. The molecule has 1 unspecified atom stereocenters. The minimum atomic E-state index is -0.753. The zero-order valence-corrected chi connectivity index (χ0v) is 14.8. The van der Waals surface area contributed by atoms with E-state index in [1.54, 1.807) is 6.07 Å². The van der Waals surface area contributed by atoms with Crippen molar-refractivity contribution >= 4 is 16.7 Å². The van der Waals surface area contributed by atoms with Crippen molar-refractivity contribution in [1.82, 2.24) is 0 Å². The number of fused-ring (bicyclic) bond motifs is 2. The van der Waals surface area contributed by atoms with Crippen LogP contribution in [-0.2, 0) is 11.2 Å². The highest BCUT2D eigenvalue weighted by molar-refractivity contribution is 5.92. The van der Waals surface area contributed by atoms with E-state index >= 15 is 0 Å². The van der Waals surface area contributed by atoms with E-state index in [4.69, 9.17) is 9.84 Å². The molecule has 4 rings (SSSR count). The molecule has 0 heterocycles. The Morgan fingerprint density at radius 3 is 2.74 bits per heavy atom. The fourth-order valence-corrected chi connectivity index (χ4v) is 3.96. The van der Waals surface area contributed by atoms with E-state index in [2.05, 4.69) is 6.07 Å². The molecular formula is C23H19NO3. The van der Waals surface area contributed by atoms with Gasteiger partial charge in [0.1, 0.15) is 11.5 Å². The molecule has 4 heteroatoms. The number of ether oxygens (including phenoxy) is 1. The maximum atomic E-state index is 11.1. The molecule has 0 saturated carbocycles. The largest absolute Gasteiger partial charge is 0.481 e. The predicted molar refractivity (Wildman–Crippen MR) is 103 cm³/mol. The van der Waals surface area contributed by atoms with Gasteiger partial charge in [-0.1, -0.05) is 30.3 Å². The number of hydrogen-bond donors (Lipinski definition) is 1. The summed E-state index contributed by atoms with van der Waals surface area (Å²) in [6.45, 7) is 0. The van der Waals surface area contributed by atoms with Crippen molar-refractivity contribution < 1.29 is 14.6 Å². The SMILES string of the molecule is N#Cc1ccc(Oc2ccc3c(c2)CCCC3CC(=O)O)c2ccccc12.